The summed E-state index contributed by atoms with van der Waals surface area (Å²) in [5.74, 6) is 2.04. The summed E-state index contributed by atoms with van der Waals surface area (Å²) in [5.41, 5.74) is 0.764. The van der Waals surface area contributed by atoms with E-state index in [-0.39, 0.29) is 0 Å². The maximum atomic E-state index is 10.1. The lowest BCUT2D eigenvalue weighted by Crippen LogP contribution is -1.97. The third-order valence-corrected chi connectivity index (χ3v) is 2.99. The first-order valence-corrected chi connectivity index (χ1v) is 6.37. The summed E-state index contributed by atoms with van der Waals surface area (Å²) < 4.78 is 10.9. The second-order valence-electron chi connectivity index (χ2n) is 4.40. The Bertz CT molecular complexity index is 642. The van der Waals surface area contributed by atoms with Crippen molar-refractivity contribution in [3.05, 3.63) is 84.3 Å². The molecular formula is C17H14O3. The van der Waals surface area contributed by atoms with Crippen LogP contribution in [-0.2, 0) is 0 Å². The third-order valence-electron chi connectivity index (χ3n) is 2.99. The van der Waals surface area contributed by atoms with E-state index in [1.807, 2.05) is 54.6 Å². The molecule has 0 bridgehead atoms. The lowest BCUT2D eigenvalue weighted by Gasteiger charge is -2.10. The lowest BCUT2D eigenvalue weighted by atomic mass is 10.1. The number of hydrogen-bond donors (Lipinski definition) is 1. The number of aliphatic hydroxyl groups excluding tert-OH is 1. The van der Waals surface area contributed by atoms with Crippen LogP contribution in [0, 0.1) is 0 Å². The maximum Gasteiger partial charge on any atom is 0.137 e. The predicted molar refractivity (Wildman–Crippen MR) is 75.7 cm³/mol. The molecule has 3 heteroatoms. The van der Waals surface area contributed by atoms with E-state index in [0.29, 0.717) is 5.76 Å². The van der Waals surface area contributed by atoms with E-state index < -0.39 is 6.10 Å². The maximum absolute atomic E-state index is 10.1. The van der Waals surface area contributed by atoms with Crippen molar-refractivity contribution in [2.24, 2.45) is 0 Å². The molecule has 0 aliphatic heterocycles. The Kier molecular flexibility index (Phi) is 3.52. The number of rotatable bonds is 4. The SMILES string of the molecule is OC(c1ccc(Oc2ccccc2)cc1)c1ccco1. The summed E-state index contributed by atoms with van der Waals surface area (Å²) in [4.78, 5) is 0. The monoisotopic (exact) mass is 266 g/mol. The van der Waals surface area contributed by atoms with Gasteiger partial charge in [-0.25, -0.2) is 0 Å². The highest BCUT2D eigenvalue weighted by molar-refractivity contribution is 5.35. The predicted octanol–water partition coefficient (Wildman–Crippen LogP) is 4.15. The molecule has 3 aromatic rings. The van der Waals surface area contributed by atoms with Gasteiger partial charge in [-0.15, -0.1) is 0 Å². The quantitative estimate of drug-likeness (QED) is 0.771. The topological polar surface area (TPSA) is 42.6 Å². The minimum Gasteiger partial charge on any atom is -0.466 e. The molecule has 0 saturated heterocycles. The van der Waals surface area contributed by atoms with Gasteiger partial charge < -0.3 is 14.3 Å². The van der Waals surface area contributed by atoms with Crippen molar-refractivity contribution in [2.45, 2.75) is 6.10 Å². The van der Waals surface area contributed by atoms with Gasteiger partial charge in [0.15, 0.2) is 0 Å². The molecule has 0 aliphatic rings. The summed E-state index contributed by atoms with van der Waals surface area (Å²) in [5, 5.41) is 10.1. The van der Waals surface area contributed by atoms with Crippen molar-refractivity contribution >= 4 is 0 Å². The molecule has 20 heavy (non-hydrogen) atoms. The molecule has 0 saturated carbocycles. The van der Waals surface area contributed by atoms with Gasteiger partial charge in [0.1, 0.15) is 23.4 Å². The van der Waals surface area contributed by atoms with Gasteiger partial charge in [-0.05, 0) is 42.0 Å². The molecule has 3 rings (SSSR count). The summed E-state index contributed by atoms with van der Waals surface area (Å²) in [6.45, 7) is 0. The number of ether oxygens (including phenoxy) is 1. The molecule has 3 nitrogen and oxygen atoms in total. The molecule has 1 aromatic heterocycles. The molecule has 1 atom stereocenters. The second-order valence-corrected chi connectivity index (χ2v) is 4.40. The standard InChI is InChI=1S/C17H14O3/c18-17(16-7-4-12-19-16)13-8-10-15(11-9-13)20-14-5-2-1-3-6-14/h1-12,17-18H. The van der Waals surface area contributed by atoms with Crippen LogP contribution in [0.1, 0.15) is 17.4 Å². The molecule has 0 aliphatic carbocycles. The summed E-state index contributed by atoms with van der Waals surface area (Å²) in [6.07, 6.45) is 0.793. The molecule has 2 aromatic carbocycles. The van der Waals surface area contributed by atoms with Gasteiger partial charge >= 0.3 is 0 Å². The number of hydrogen-bond acceptors (Lipinski definition) is 3. The van der Waals surface area contributed by atoms with E-state index in [2.05, 4.69) is 0 Å². The molecular weight excluding hydrogens is 252 g/mol. The van der Waals surface area contributed by atoms with Gasteiger partial charge in [0.2, 0.25) is 0 Å². The molecule has 0 radical (unpaired) electrons. The Morgan fingerprint density at radius 1 is 0.800 bits per heavy atom. The average Bonchev–Trinajstić information content (AvgIpc) is 3.03. The van der Waals surface area contributed by atoms with Crippen LogP contribution >= 0.6 is 0 Å². The molecule has 1 heterocycles. The largest absolute Gasteiger partial charge is 0.466 e. The molecule has 100 valence electrons. The highest BCUT2D eigenvalue weighted by Crippen LogP contribution is 2.26. The van der Waals surface area contributed by atoms with Crippen LogP contribution in [0.25, 0.3) is 0 Å². The Labute approximate surface area is 117 Å². The molecule has 0 fully saturated rings. The van der Waals surface area contributed by atoms with Crippen LogP contribution in [0.2, 0.25) is 0 Å². The minimum absolute atomic E-state index is 0.529. The van der Waals surface area contributed by atoms with Crippen molar-refractivity contribution < 1.29 is 14.3 Å². The lowest BCUT2D eigenvalue weighted by molar-refractivity contribution is 0.189. The van der Waals surface area contributed by atoms with E-state index in [9.17, 15) is 5.11 Å². The van der Waals surface area contributed by atoms with Gasteiger partial charge in [0.05, 0.1) is 6.26 Å². The Hall–Kier alpha value is -2.52. The number of aliphatic hydroxyl groups is 1. The smallest absolute Gasteiger partial charge is 0.137 e. The Morgan fingerprint density at radius 2 is 1.50 bits per heavy atom. The van der Waals surface area contributed by atoms with Crippen LogP contribution in [0.15, 0.2) is 77.4 Å². The summed E-state index contributed by atoms with van der Waals surface area (Å²) in [6, 6.07) is 20.4. The first kappa shape index (κ1) is 12.5. The van der Waals surface area contributed by atoms with Crippen molar-refractivity contribution in [3.8, 4) is 11.5 Å². The Morgan fingerprint density at radius 3 is 2.15 bits per heavy atom. The molecule has 1 unspecified atom stereocenters. The molecule has 0 spiro atoms. The van der Waals surface area contributed by atoms with Crippen molar-refractivity contribution in [2.75, 3.05) is 0 Å². The average molecular weight is 266 g/mol. The van der Waals surface area contributed by atoms with Gasteiger partial charge in [0, 0.05) is 0 Å². The van der Waals surface area contributed by atoms with Crippen LogP contribution in [-0.4, -0.2) is 5.11 Å². The van der Waals surface area contributed by atoms with E-state index in [4.69, 9.17) is 9.15 Å². The highest BCUT2D eigenvalue weighted by Gasteiger charge is 2.12. The number of furan rings is 1. The van der Waals surface area contributed by atoms with Gasteiger partial charge in [-0.1, -0.05) is 30.3 Å². The fourth-order valence-corrected chi connectivity index (χ4v) is 1.95. The van der Waals surface area contributed by atoms with E-state index in [1.54, 1.807) is 18.4 Å². The number of para-hydroxylation sites is 1. The Balaban J connectivity index is 1.75. The van der Waals surface area contributed by atoms with E-state index in [0.717, 1.165) is 17.1 Å². The van der Waals surface area contributed by atoms with Crippen molar-refractivity contribution in [1.29, 1.82) is 0 Å². The summed E-state index contributed by atoms with van der Waals surface area (Å²) >= 11 is 0. The van der Waals surface area contributed by atoms with E-state index in [1.165, 1.54) is 0 Å². The second kappa shape index (κ2) is 5.63. The third kappa shape index (κ3) is 2.73. The normalized spacial score (nSPS) is 12.1. The van der Waals surface area contributed by atoms with Crippen LogP contribution in [0.3, 0.4) is 0 Å². The zero-order valence-corrected chi connectivity index (χ0v) is 10.8. The van der Waals surface area contributed by atoms with Crippen LogP contribution in [0.4, 0.5) is 0 Å². The first-order chi connectivity index (χ1) is 9.83. The minimum atomic E-state index is -0.754. The summed E-state index contributed by atoms with van der Waals surface area (Å²) in [7, 11) is 0. The van der Waals surface area contributed by atoms with Gasteiger partial charge in [-0.2, -0.15) is 0 Å². The zero-order chi connectivity index (χ0) is 13.8. The fraction of sp³-hybridized carbons (Fsp3) is 0.0588. The highest BCUT2D eigenvalue weighted by atomic mass is 16.5. The fourth-order valence-electron chi connectivity index (χ4n) is 1.95. The van der Waals surface area contributed by atoms with Crippen LogP contribution < -0.4 is 4.74 Å². The van der Waals surface area contributed by atoms with Gasteiger partial charge in [-0.3, -0.25) is 0 Å². The van der Waals surface area contributed by atoms with Crippen molar-refractivity contribution in [3.63, 3.8) is 0 Å². The van der Waals surface area contributed by atoms with Crippen molar-refractivity contribution in [1.82, 2.24) is 0 Å². The molecule has 0 amide bonds. The number of benzene rings is 2. The zero-order valence-electron chi connectivity index (χ0n) is 10.8. The van der Waals surface area contributed by atoms with Crippen LogP contribution in [0.5, 0.6) is 11.5 Å². The van der Waals surface area contributed by atoms with E-state index >= 15 is 0 Å². The molecule has 1 N–H and O–H groups in total. The first-order valence-electron chi connectivity index (χ1n) is 6.37. The van der Waals surface area contributed by atoms with Gasteiger partial charge in [0.25, 0.3) is 0 Å².